The van der Waals surface area contributed by atoms with Crippen LogP contribution in [0.3, 0.4) is 0 Å². The summed E-state index contributed by atoms with van der Waals surface area (Å²) in [6.45, 7) is 1.73. The summed E-state index contributed by atoms with van der Waals surface area (Å²) in [5, 5.41) is 3.62. The van der Waals surface area contributed by atoms with Crippen LogP contribution in [0, 0.1) is 12.7 Å². The molecule has 0 atom stereocenters. The normalized spacial score (nSPS) is 11.3. The molecule has 2 N–H and O–H groups in total. The molecule has 0 aliphatic heterocycles. The van der Waals surface area contributed by atoms with Crippen molar-refractivity contribution in [2.24, 2.45) is 0 Å². The molecule has 4 rings (SSSR count). The number of halogens is 1. The van der Waals surface area contributed by atoms with Crippen molar-refractivity contribution in [3.8, 4) is 0 Å². The highest BCUT2D eigenvalue weighted by molar-refractivity contribution is 7.92. The molecule has 1 aromatic heterocycles. The average molecular weight is 435 g/mol. The molecular weight excluding hydrogens is 417 g/mol. The maximum atomic E-state index is 13.1. The van der Waals surface area contributed by atoms with E-state index in [0.717, 1.165) is 23.0 Å². The number of pyridine rings is 1. The third-order valence-corrected chi connectivity index (χ3v) is 6.13. The Balaban J connectivity index is 1.64. The summed E-state index contributed by atoms with van der Waals surface area (Å²) in [6, 6.07) is 18.3. The van der Waals surface area contributed by atoms with Crippen molar-refractivity contribution < 1.29 is 17.6 Å². The van der Waals surface area contributed by atoms with Crippen molar-refractivity contribution in [2.75, 3.05) is 10.0 Å². The van der Waals surface area contributed by atoms with Crippen LogP contribution in [-0.4, -0.2) is 19.3 Å². The number of benzene rings is 3. The number of aryl methyl sites for hydroxylation is 1. The summed E-state index contributed by atoms with van der Waals surface area (Å²) < 4.78 is 41.0. The van der Waals surface area contributed by atoms with Gasteiger partial charge < -0.3 is 5.32 Å². The number of nitrogens with one attached hydrogen (secondary N) is 2. The number of carbonyl (C=O) groups is 1. The van der Waals surface area contributed by atoms with Crippen LogP contribution in [0.15, 0.2) is 83.9 Å². The molecular formula is C23H18FN3O3S. The zero-order valence-corrected chi connectivity index (χ0v) is 17.3. The van der Waals surface area contributed by atoms with Gasteiger partial charge in [0.15, 0.2) is 0 Å². The summed E-state index contributed by atoms with van der Waals surface area (Å²) in [6.07, 6.45) is 1.67. The van der Waals surface area contributed by atoms with E-state index in [2.05, 4.69) is 15.0 Å². The van der Waals surface area contributed by atoms with E-state index in [1.807, 2.05) is 12.1 Å². The molecule has 0 fully saturated rings. The summed E-state index contributed by atoms with van der Waals surface area (Å²) in [5.41, 5.74) is 2.38. The van der Waals surface area contributed by atoms with E-state index >= 15 is 0 Å². The molecule has 0 aliphatic carbocycles. The molecule has 0 bridgehead atoms. The van der Waals surface area contributed by atoms with Crippen molar-refractivity contribution in [3.05, 3.63) is 95.9 Å². The number of sulfonamides is 1. The Bertz CT molecular complexity index is 1380. The lowest BCUT2D eigenvalue weighted by molar-refractivity contribution is 0.102. The Labute approximate surface area is 178 Å². The largest absolute Gasteiger partial charge is 0.321 e. The molecule has 1 amide bonds. The highest BCUT2D eigenvalue weighted by Crippen LogP contribution is 2.24. The van der Waals surface area contributed by atoms with Gasteiger partial charge in [0, 0.05) is 22.8 Å². The quantitative estimate of drug-likeness (QED) is 0.474. The van der Waals surface area contributed by atoms with Crippen LogP contribution in [0.5, 0.6) is 0 Å². The number of aromatic nitrogens is 1. The number of carbonyl (C=O) groups excluding carboxylic acids is 1. The second kappa shape index (κ2) is 8.16. The minimum Gasteiger partial charge on any atom is -0.321 e. The van der Waals surface area contributed by atoms with Crippen LogP contribution in [0.4, 0.5) is 15.8 Å². The molecule has 0 saturated heterocycles. The van der Waals surface area contributed by atoms with Gasteiger partial charge >= 0.3 is 0 Å². The number of rotatable bonds is 5. The number of hydrogen-bond acceptors (Lipinski definition) is 4. The lowest BCUT2D eigenvalue weighted by Crippen LogP contribution is -2.17. The molecule has 31 heavy (non-hydrogen) atoms. The second-order valence-corrected chi connectivity index (χ2v) is 8.60. The fourth-order valence-electron chi connectivity index (χ4n) is 3.15. The predicted octanol–water partition coefficient (Wildman–Crippen LogP) is 4.74. The monoisotopic (exact) mass is 435 g/mol. The zero-order valence-electron chi connectivity index (χ0n) is 16.5. The van der Waals surface area contributed by atoms with E-state index in [4.69, 9.17) is 0 Å². The van der Waals surface area contributed by atoms with Crippen molar-refractivity contribution >= 4 is 38.2 Å². The maximum absolute atomic E-state index is 13.1. The molecule has 0 spiro atoms. The highest BCUT2D eigenvalue weighted by Gasteiger charge is 2.19. The SMILES string of the molecule is Cc1ccc(S(=O)(=O)Nc2ccc(F)cc2)cc1C(=O)Nc1cccc2ncccc12. The standard InChI is InChI=1S/C23H18FN3O3S/c1-15-7-12-18(31(29,30)27-17-10-8-16(24)9-11-17)14-20(15)23(28)26-22-6-2-5-21-19(22)4-3-13-25-21/h2-14,27H,1H3,(H,26,28). The Hall–Kier alpha value is -3.78. The fourth-order valence-corrected chi connectivity index (χ4v) is 4.23. The van der Waals surface area contributed by atoms with Gasteiger partial charge in [-0.3, -0.25) is 14.5 Å². The molecule has 4 aromatic rings. The van der Waals surface area contributed by atoms with Crippen LogP contribution < -0.4 is 10.0 Å². The van der Waals surface area contributed by atoms with Crippen LogP contribution in [0.1, 0.15) is 15.9 Å². The molecule has 3 aromatic carbocycles. The Kier molecular flexibility index (Phi) is 5.39. The first-order valence-electron chi connectivity index (χ1n) is 9.38. The Morgan fingerprint density at radius 2 is 1.74 bits per heavy atom. The summed E-state index contributed by atoms with van der Waals surface area (Å²) in [5.74, 6) is -0.909. The molecule has 0 unspecified atom stereocenters. The van der Waals surface area contributed by atoms with Crippen molar-refractivity contribution in [2.45, 2.75) is 11.8 Å². The van der Waals surface area contributed by atoms with Crippen LogP contribution >= 0.6 is 0 Å². The Morgan fingerprint density at radius 3 is 2.52 bits per heavy atom. The van der Waals surface area contributed by atoms with Gasteiger partial charge in [0.25, 0.3) is 15.9 Å². The molecule has 0 radical (unpaired) electrons. The number of amides is 1. The zero-order chi connectivity index (χ0) is 22.0. The van der Waals surface area contributed by atoms with Crippen LogP contribution in [-0.2, 0) is 10.0 Å². The van der Waals surface area contributed by atoms with Gasteiger partial charge in [-0.15, -0.1) is 0 Å². The van der Waals surface area contributed by atoms with Crippen LogP contribution in [0.2, 0.25) is 0 Å². The molecule has 0 saturated carbocycles. The average Bonchev–Trinajstić information content (AvgIpc) is 2.75. The fraction of sp³-hybridized carbons (Fsp3) is 0.0435. The van der Waals surface area contributed by atoms with Gasteiger partial charge in [0.2, 0.25) is 0 Å². The number of nitrogens with zero attached hydrogens (tertiary/aromatic N) is 1. The van der Waals surface area contributed by atoms with Gasteiger partial charge in [-0.2, -0.15) is 0 Å². The van der Waals surface area contributed by atoms with E-state index < -0.39 is 21.7 Å². The van der Waals surface area contributed by atoms with E-state index in [0.29, 0.717) is 11.3 Å². The van der Waals surface area contributed by atoms with E-state index in [9.17, 15) is 17.6 Å². The van der Waals surface area contributed by atoms with Gasteiger partial charge in [0.1, 0.15) is 5.82 Å². The summed E-state index contributed by atoms with van der Waals surface area (Å²) in [4.78, 5) is 17.2. The van der Waals surface area contributed by atoms with E-state index in [1.54, 1.807) is 37.4 Å². The minimum absolute atomic E-state index is 0.0767. The first-order chi connectivity index (χ1) is 14.8. The Morgan fingerprint density at radius 1 is 0.968 bits per heavy atom. The van der Waals surface area contributed by atoms with Crippen molar-refractivity contribution in [1.82, 2.24) is 4.98 Å². The summed E-state index contributed by atoms with van der Waals surface area (Å²) in [7, 11) is -3.97. The van der Waals surface area contributed by atoms with Crippen LogP contribution in [0.25, 0.3) is 10.9 Å². The van der Waals surface area contributed by atoms with E-state index in [1.165, 1.54) is 24.3 Å². The smallest absolute Gasteiger partial charge is 0.261 e. The first kappa shape index (κ1) is 20.5. The van der Waals surface area contributed by atoms with E-state index in [-0.39, 0.29) is 16.1 Å². The number of hydrogen-bond donors (Lipinski definition) is 2. The highest BCUT2D eigenvalue weighted by atomic mass is 32.2. The van der Waals surface area contributed by atoms with Gasteiger partial charge in [-0.25, -0.2) is 12.8 Å². The van der Waals surface area contributed by atoms with Crippen molar-refractivity contribution in [1.29, 1.82) is 0 Å². The third-order valence-electron chi connectivity index (χ3n) is 4.75. The van der Waals surface area contributed by atoms with Gasteiger partial charge in [-0.05, 0) is 73.2 Å². The number of anilines is 2. The molecule has 0 aliphatic rings. The van der Waals surface area contributed by atoms with Crippen molar-refractivity contribution in [3.63, 3.8) is 0 Å². The first-order valence-corrected chi connectivity index (χ1v) is 10.9. The lowest BCUT2D eigenvalue weighted by atomic mass is 10.1. The third kappa shape index (κ3) is 4.39. The predicted molar refractivity (Wildman–Crippen MR) is 118 cm³/mol. The maximum Gasteiger partial charge on any atom is 0.261 e. The minimum atomic E-state index is -3.97. The summed E-state index contributed by atoms with van der Waals surface area (Å²) >= 11 is 0. The second-order valence-electron chi connectivity index (χ2n) is 6.92. The van der Waals surface area contributed by atoms with Gasteiger partial charge in [0.05, 0.1) is 16.1 Å². The lowest BCUT2D eigenvalue weighted by Gasteiger charge is -2.13. The molecule has 6 nitrogen and oxygen atoms in total. The molecule has 1 heterocycles. The van der Waals surface area contributed by atoms with Gasteiger partial charge in [-0.1, -0.05) is 12.1 Å². The molecule has 8 heteroatoms. The number of fused-ring (bicyclic) bond motifs is 1. The topological polar surface area (TPSA) is 88.2 Å². The molecule has 156 valence electrons.